The van der Waals surface area contributed by atoms with Gasteiger partial charge < -0.3 is 0 Å². The van der Waals surface area contributed by atoms with E-state index in [0.717, 1.165) is 41.7 Å². The number of nitrogens with zero attached hydrogens (tertiary/aromatic N) is 2. The van der Waals surface area contributed by atoms with E-state index in [1.165, 1.54) is 63.5 Å². The van der Waals surface area contributed by atoms with Crippen LogP contribution in [0.2, 0.25) is 0 Å². The van der Waals surface area contributed by atoms with E-state index in [0.29, 0.717) is 5.69 Å². The van der Waals surface area contributed by atoms with Crippen molar-refractivity contribution in [2.75, 3.05) is 5.88 Å². The summed E-state index contributed by atoms with van der Waals surface area (Å²) >= 11 is 5.19. The summed E-state index contributed by atoms with van der Waals surface area (Å²) in [4.78, 5) is 0. The quantitative estimate of drug-likeness (QED) is 0.238. The summed E-state index contributed by atoms with van der Waals surface area (Å²) in [7, 11) is 0. The third-order valence-electron chi connectivity index (χ3n) is 5.39. The van der Waals surface area contributed by atoms with E-state index >= 15 is 0 Å². The summed E-state index contributed by atoms with van der Waals surface area (Å²) in [6.45, 7) is 17.0. The molecule has 6 heteroatoms. The van der Waals surface area contributed by atoms with Crippen LogP contribution in [0.4, 0.5) is 13.2 Å². The van der Waals surface area contributed by atoms with E-state index in [1.54, 1.807) is 4.68 Å². The smallest absolute Gasteiger partial charge is 0.238 e. The van der Waals surface area contributed by atoms with Gasteiger partial charge in [0.15, 0.2) is 0 Å². The molecule has 2 rings (SSSR count). The zero-order valence-corrected chi connectivity index (χ0v) is 24.2. The molecule has 0 radical (unpaired) electrons. The molecule has 0 N–H and O–H groups in total. The Kier molecular flexibility index (Phi) is 22.2. The Hall–Kier alpha value is -1.49. The number of aromatic nitrogens is 2. The van der Waals surface area contributed by atoms with E-state index < -0.39 is 11.7 Å². The summed E-state index contributed by atoms with van der Waals surface area (Å²) in [5.74, 6) is 1.75. The highest BCUT2D eigenvalue weighted by Crippen LogP contribution is 2.29. The fourth-order valence-electron chi connectivity index (χ4n) is 2.81. The lowest BCUT2D eigenvalue weighted by Crippen LogP contribution is -2.05. The van der Waals surface area contributed by atoms with Gasteiger partial charge in [0, 0.05) is 11.6 Å². The number of rotatable bonds is 9. The Bertz CT molecular complexity index is 717. The maximum absolute atomic E-state index is 12.4. The van der Waals surface area contributed by atoms with Gasteiger partial charge in [-0.15, -0.1) is 11.6 Å². The standard InChI is InChI=1S/C12H11F3N2.C10H22.C4H10.C3H7Cl/c1-8-7-9(2)17(16-8)11-5-3-10(4-6-11)12(13,14)15;1-4-6-7-8-9-10(3)5-2;1-3-4-2;1-2-3-4/h3-7H,1-2H3;10H,4-9H2,1-3H3;3-4H2,1-2H3;2-3H2,1H3. The van der Waals surface area contributed by atoms with E-state index in [4.69, 9.17) is 11.6 Å². The number of unbranched alkanes of at least 4 members (excludes halogenated alkanes) is 4. The lowest BCUT2D eigenvalue weighted by Gasteiger charge is -2.08. The van der Waals surface area contributed by atoms with Crippen molar-refractivity contribution in [3.8, 4) is 5.69 Å². The second-order valence-electron chi connectivity index (χ2n) is 8.94. The molecule has 0 aliphatic heterocycles. The van der Waals surface area contributed by atoms with Gasteiger partial charge in [-0.1, -0.05) is 92.9 Å². The first-order chi connectivity index (χ1) is 16.5. The Labute approximate surface area is 218 Å². The highest BCUT2D eigenvalue weighted by atomic mass is 35.5. The van der Waals surface area contributed by atoms with Crippen molar-refractivity contribution in [1.82, 2.24) is 9.78 Å². The molecule has 1 atom stereocenters. The minimum absolute atomic E-state index is 0.628. The average Bonchev–Trinajstić information content (AvgIpc) is 3.19. The largest absolute Gasteiger partial charge is 0.416 e. The van der Waals surface area contributed by atoms with Crippen molar-refractivity contribution in [3.63, 3.8) is 0 Å². The van der Waals surface area contributed by atoms with Gasteiger partial charge in [-0.25, -0.2) is 4.68 Å². The van der Waals surface area contributed by atoms with Gasteiger partial charge in [-0.05, 0) is 56.5 Å². The van der Waals surface area contributed by atoms with Crippen LogP contribution < -0.4 is 0 Å². The molecule has 0 saturated heterocycles. The predicted molar refractivity (Wildman–Crippen MR) is 148 cm³/mol. The first kappa shape index (κ1) is 35.7. The van der Waals surface area contributed by atoms with Crippen LogP contribution in [0.15, 0.2) is 30.3 Å². The monoisotopic (exact) mass is 518 g/mol. The normalized spacial score (nSPS) is 11.3. The van der Waals surface area contributed by atoms with Crippen LogP contribution in [0.5, 0.6) is 0 Å². The fraction of sp³-hybridized carbons (Fsp3) is 0.690. The van der Waals surface area contributed by atoms with Gasteiger partial charge in [0.25, 0.3) is 0 Å². The molecule has 1 aromatic carbocycles. The van der Waals surface area contributed by atoms with Crippen LogP contribution in [0, 0.1) is 19.8 Å². The van der Waals surface area contributed by atoms with Gasteiger partial charge in [0.2, 0.25) is 0 Å². The highest BCUT2D eigenvalue weighted by Gasteiger charge is 2.30. The van der Waals surface area contributed by atoms with E-state index in [2.05, 4.69) is 39.7 Å². The molecule has 0 aliphatic carbocycles. The predicted octanol–water partition coefficient (Wildman–Crippen LogP) is 11.0. The molecule has 0 bridgehead atoms. The molecule has 35 heavy (non-hydrogen) atoms. The summed E-state index contributed by atoms with van der Waals surface area (Å²) in [5, 5.41) is 4.21. The second-order valence-corrected chi connectivity index (χ2v) is 9.31. The number of hydrogen-bond donors (Lipinski definition) is 0. The van der Waals surface area contributed by atoms with Crippen molar-refractivity contribution in [3.05, 3.63) is 47.3 Å². The zero-order chi connectivity index (χ0) is 27.3. The van der Waals surface area contributed by atoms with Crippen LogP contribution in [0.25, 0.3) is 5.69 Å². The van der Waals surface area contributed by atoms with Crippen LogP contribution in [0.3, 0.4) is 0 Å². The Morgan fingerprint density at radius 1 is 0.857 bits per heavy atom. The molecule has 204 valence electrons. The molecule has 2 nitrogen and oxygen atoms in total. The minimum atomic E-state index is -4.30. The minimum Gasteiger partial charge on any atom is -0.238 e. The van der Waals surface area contributed by atoms with Crippen molar-refractivity contribution >= 4 is 11.6 Å². The SMILES string of the molecule is CCCC.CCCCCCC(C)CC.CCCCl.Cc1cc(C)n(-c2ccc(C(F)(F)F)cc2)n1. The van der Waals surface area contributed by atoms with Crippen LogP contribution in [-0.4, -0.2) is 15.7 Å². The third kappa shape index (κ3) is 18.4. The van der Waals surface area contributed by atoms with Gasteiger partial charge in [-0.2, -0.15) is 18.3 Å². The van der Waals surface area contributed by atoms with Crippen LogP contribution in [0.1, 0.15) is 116 Å². The maximum Gasteiger partial charge on any atom is 0.416 e. The number of hydrogen-bond acceptors (Lipinski definition) is 1. The molecule has 0 saturated carbocycles. The van der Waals surface area contributed by atoms with Crippen LogP contribution >= 0.6 is 11.6 Å². The first-order valence-corrected chi connectivity index (χ1v) is 13.8. The molecule has 1 unspecified atom stereocenters. The van der Waals surface area contributed by atoms with Crippen molar-refractivity contribution < 1.29 is 13.2 Å². The summed E-state index contributed by atoms with van der Waals surface area (Å²) in [6.07, 6.45) is 7.90. The van der Waals surface area contributed by atoms with Crippen LogP contribution in [-0.2, 0) is 6.18 Å². The first-order valence-electron chi connectivity index (χ1n) is 13.3. The number of halogens is 4. The number of alkyl halides is 4. The molecular formula is C29H50ClF3N2. The fourth-order valence-corrected chi connectivity index (χ4v) is 2.81. The summed E-state index contributed by atoms with van der Waals surface area (Å²) in [5.41, 5.74) is 1.70. The molecule has 0 amide bonds. The van der Waals surface area contributed by atoms with Crippen molar-refractivity contribution in [1.29, 1.82) is 0 Å². The summed E-state index contributed by atoms with van der Waals surface area (Å²) in [6, 6.07) is 6.83. The second kappa shape index (κ2) is 21.8. The molecule has 1 aromatic heterocycles. The topological polar surface area (TPSA) is 17.8 Å². The maximum atomic E-state index is 12.4. The Morgan fingerprint density at radius 2 is 1.40 bits per heavy atom. The highest BCUT2D eigenvalue weighted by molar-refractivity contribution is 6.17. The molecule has 0 aliphatic rings. The lowest BCUT2D eigenvalue weighted by atomic mass is 10.0. The molecular weight excluding hydrogens is 469 g/mol. The summed E-state index contributed by atoms with van der Waals surface area (Å²) < 4.78 is 38.8. The van der Waals surface area contributed by atoms with Gasteiger partial charge in [0.05, 0.1) is 16.9 Å². The number of aryl methyl sites for hydroxylation is 2. The Balaban J connectivity index is 0. The molecule has 2 aromatic rings. The Morgan fingerprint density at radius 3 is 1.74 bits per heavy atom. The van der Waals surface area contributed by atoms with Crippen molar-refractivity contribution in [2.45, 2.75) is 119 Å². The van der Waals surface area contributed by atoms with Crippen molar-refractivity contribution in [2.24, 2.45) is 5.92 Å². The average molecular weight is 519 g/mol. The molecule has 0 fully saturated rings. The van der Waals surface area contributed by atoms with E-state index in [-0.39, 0.29) is 0 Å². The van der Waals surface area contributed by atoms with Gasteiger partial charge in [-0.3, -0.25) is 0 Å². The van der Waals surface area contributed by atoms with Gasteiger partial charge in [0.1, 0.15) is 0 Å². The molecule has 1 heterocycles. The third-order valence-corrected chi connectivity index (χ3v) is 5.76. The lowest BCUT2D eigenvalue weighted by molar-refractivity contribution is -0.137. The zero-order valence-electron chi connectivity index (χ0n) is 23.4. The van der Waals surface area contributed by atoms with Gasteiger partial charge >= 0.3 is 6.18 Å². The van der Waals surface area contributed by atoms with E-state index in [9.17, 15) is 13.2 Å². The number of benzene rings is 1. The van der Waals surface area contributed by atoms with E-state index in [1.807, 2.05) is 26.8 Å². The molecule has 0 spiro atoms.